The van der Waals surface area contributed by atoms with Crippen molar-refractivity contribution in [3.8, 4) is 0 Å². The van der Waals surface area contributed by atoms with E-state index < -0.39 is 0 Å². The Morgan fingerprint density at radius 2 is 2.14 bits per heavy atom. The maximum absolute atomic E-state index is 12.8. The number of aromatic nitrogens is 1. The molecule has 1 aliphatic rings. The maximum atomic E-state index is 12.8. The predicted octanol–water partition coefficient (Wildman–Crippen LogP) is 4.39. The van der Waals surface area contributed by atoms with E-state index in [1.165, 1.54) is 11.1 Å². The Labute approximate surface area is 169 Å². The van der Waals surface area contributed by atoms with E-state index in [4.69, 9.17) is 0 Å². The molecule has 0 spiro atoms. The average molecular weight is 393 g/mol. The Hall–Kier alpha value is -2.70. The van der Waals surface area contributed by atoms with Crippen LogP contribution in [0.5, 0.6) is 0 Å². The molecule has 2 aromatic carbocycles. The minimum absolute atomic E-state index is 0.0761. The van der Waals surface area contributed by atoms with Gasteiger partial charge >= 0.3 is 0 Å². The van der Waals surface area contributed by atoms with Gasteiger partial charge in [-0.2, -0.15) is 0 Å². The molecule has 0 aliphatic carbocycles. The second-order valence-corrected chi connectivity index (χ2v) is 7.89. The Balaban J connectivity index is 1.46. The van der Waals surface area contributed by atoms with Gasteiger partial charge in [0.25, 0.3) is 5.91 Å². The summed E-state index contributed by atoms with van der Waals surface area (Å²) in [5, 5.41) is 6.48. The number of hydrogen-bond donors (Lipinski definition) is 2. The van der Waals surface area contributed by atoms with E-state index in [1.54, 1.807) is 11.3 Å². The predicted molar refractivity (Wildman–Crippen MR) is 115 cm³/mol. The van der Waals surface area contributed by atoms with Crippen molar-refractivity contribution in [3.05, 3.63) is 75.7 Å². The third-order valence-electron chi connectivity index (χ3n) is 5.12. The molecule has 3 aromatic rings. The zero-order valence-electron chi connectivity index (χ0n) is 15.9. The summed E-state index contributed by atoms with van der Waals surface area (Å²) in [4.78, 5) is 20.5. The molecule has 6 heteroatoms. The first-order valence-corrected chi connectivity index (χ1v) is 10.5. The van der Waals surface area contributed by atoms with Gasteiger partial charge in [-0.05, 0) is 48.4 Å². The Kier molecular flexibility index (Phi) is 5.69. The van der Waals surface area contributed by atoms with Crippen molar-refractivity contribution in [1.82, 2.24) is 9.88 Å². The zero-order chi connectivity index (χ0) is 19.3. The Morgan fingerprint density at radius 1 is 1.25 bits per heavy atom. The molecular formula is C22H24N4OS. The van der Waals surface area contributed by atoms with E-state index in [1.807, 2.05) is 48.1 Å². The van der Waals surface area contributed by atoms with Crippen LogP contribution in [0.3, 0.4) is 0 Å². The van der Waals surface area contributed by atoms with Crippen LogP contribution in [-0.4, -0.2) is 28.9 Å². The standard InChI is InChI=1S/C22H24N4OS/c1-2-26-10-9-20-17(14-26)6-4-8-21(20)25-22(27)16-5-3-7-18(11-16)24-13-19-12-23-15-28-19/h3-8,11-12,15,24H,2,9-10,13-14H2,1H3,(H,25,27). The fraction of sp³-hybridized carbons (Fsp3) is 0.273. The summed E-state index contributed by atoms with van der Waals surface area (Å²) >= 11 is 1.61. The van der Waals surface area contributed by atoms with Crippen molar-refractivity contribution in [3.63, 3.8) is 0 Å². The molecule has 2 N–H and O–H groups in total. The highest BCUT2D eigenvalue weighted by Crippen LogP contribution is 2.26. The lowest BCUT2D eigenvalue weighted by Gasteiger charge is -2.29. The lowest BCUT2D eigenvalue weighted by Crippen LogP contribution is -2.31. The SMILES string of the molecule is CCN1CCc2c(cccc2NC(=O)c2cccc(NCc3cncs3)c2)C1. The van der Waals surface area contributed by atoms with Crippen LogP contribution in [0.25, 0.3) is 0 Å². The van der Waals surface area contributed by atoms with Gasteiger partial charge in [0.05, 0.1) is 12.1 Å². The van der Waals surface area contributed by atoms with E-state index in [0.29, 0.717) is 12.1 Å². The molecule has 0 saturated heterocycles. The molecule has 2 heterocycles. The lowest BCUT2D eigenvalue weighted by molar-refractivity contribution is 0.102. The second kappa shape index (κ2) is 8.54. The molecule has 144 valence electrons. The average Bonchev–Trinajstić information content (AvgIpc) is 3.26. The van der Waals surface area contributed by atoms with Gasteiger partial charge in [-0.1, -0.05) is 25.1 Å². The number of anilines is 2. The molecule has 1 aromatic heterocycles. The number of carbonyl (C=O) groups is 1. The van der Waals surface area contributed by atoms with Crippen molar-refractivity contribution in [2.24, 2.45) is 0 Å². The number of fused-ring (bicyclic) bond motifs is 1. The minimum atomic E-state index is -0.0761. The van der Waals surface area contributed by atoms with Crippen LogP contribution in [-0.2, 0) is 19.5 Å². The molecule has 0 unspecified atom stereocenters. The van der Waals surface area contributed by atoms with Crippen LogP contribution < -0.4 is 10.6 Å². The van der Waals surface area contributed by atoms with Crippen molar-refractivity contribution in [2.75, 3.05) is 23.7 Å². The van der Waals surface area contributed by atoms with Gasteiger partial charge in [0.15, 0.2) is 0 Å². The number of carbonyl (C=O) groups excluding carboxylic acids is 1. The van der Waals surface area contributed by atoms with Crippen LogP contribution in [0, 0.1) is 0 Å². The number of benzene rings is 2. The van der Waals surface area contributed by atoms with Crippen molar-refractivity contribution < 1.29 is 4.79 Å². The van der Waals surface area contributed by atoms with Crippen molar-refractivity contribution in [1.29, 1.82) is 0 Å². The van der Waals surface area contributed by atoms with Gasteiger partial charge in [-0.25, -0.2) is 0 Å². The van der Waals surface area contributed by atoms with E-state index in [9.17, 15) is 4.79 Å². The molecule has 28 heavy (non-hydrogen) atoms. The fourth-order valence-electron chi connectivity index (χ4n) is 3.54. The molecule has 0 saturated carbocycles. The number of likely N-dealkylation sites (N-methyl/N-ethyl adjacent to an activating group) is 1. The third-order valence-corrected chi connectivity index (χ3v) is 5.90. The number of amides is 1. The normalized spacial score (nSPS) is 13.8. The summed E-state index contributed by atoms with van der Waals surface area (Å²) in [7, 11) is 0. The van der Waals surface area contributed by atoms with E-state index in [0.717, 1.165) is 42.3 Å². The number of hydrogen-bond acceptors (Lipinski definition) is 5. The van der Waals surface area contributed by atoms with Crippen LogP contribution in [0.1, 0.15) is 33.3 Å². The lowest BCUT2D eigenvalue weighted by atomic mass is 9.97. The first kappa shape index (κ1) is 18.7. The highest BCUT2D eigenvalue weighted by atomic mass is 32.1. The van der Waals surface area contributed by atoms with Crippen LogP contribution in [0.2, 0.25) is 0 Å². The van der Waals surface area contributed by atoms with Crippen LogP contribution in [0.4, 0.5) is 11.4 Å². The molecule has 0 radical (unpaired) electrons. The quantitative estimate of drug-likeness (QED) is 0.653. The van der Waals surface area contributed by atoms with Gasteiger partial charge in [-0.15, -0.1) is 11.3 Å². The highest BCUT2D eigenvalue weighted by Gasteiger charge is 2.18. The number of rotatable bonds is 6. The van der Waals surface area contributed by atoms with E-state index in [-0.39, 0.29) is 5.91 Å². The maximum Gasteiger partial charge on any atom is 0.255 e. The summed E-state index contributed by atoms with van der Waals surface area (Å²) in [6.07, 6.45) is 2.82. The number of thiazole rings is 1. The first-order chi connectivity index (χ1) is 13.7. The van der Waals surface area contributed by atoms with Gasteiger partial charge in [0.1, 0.15) is 0 Å². The topological polar surface area (TPSA) is 57.3 Å². The van der Waals surface area contributed by atoms with Crippen molar-refractivity contribution >= 4 is 28.6 Å². The van der Waals surface area contributed by atoms with Crippen LogP contribution >= 0.6 is 11.3 Å². The molecule has 1 aliphatic heterocycles. The third kappa shape index (κ3) is 4.24. The summed E-state index contributed by atoms with van der Waals surface area (Å²) in [6, 6.07) is 13.8. The molecule has 1 amide bonds. The molecule has 4 rings (SSSR count). The zero-order valence-corrected chi connectivity index (χ0v) is 16.8. The molecule has 5 nitrogen and oxygen atoms in total. The van der Waals surface area contributed by atoms with Crippen molar-refractivity contribution in [2.45, 2.75) is 26.4 Å². The molecular weight excluding hydrogens is 368 g/mol. The van der Waals surface area contributed by atoms with Crippen LogP contribution in [0.15, 0.2) is 54.2 Å². The largest absolute Gasteiger partial charge is 0.380 e. The van der Waals surface area contributed by atoms with Gasteiger partial charge in [-0.3, -0.25) is 14.7 Å². The Morgan fingerprint density at radius 3 is 2.96 bits per heavy atom. The monoisotopic (exact) mass is 392 g/mol. The van der Waals surface area contributed by atoms with E-state index in [2.05, 4.69) is 33.5 Å². The van der Waals surface area contributed by atoms with E-state index >= 15 is 0 Å². The molecule has 0 atom stereocenters. The van der Waals surface area contributed by atoms with Gasteiger partial charge in [0.2, 0.25) is 0 Å². The summed E-state index contributed by atoms with van der Waals surface area (Å²) < 4.78 is 0. The highest BCUT2D eigenvalue weighted by molar-refractivity contribution is 7.09. The number of nitrogens with zero attached hydrogens (tertiary/aromatic N) is 2. The smallest absolute Gasteiger partial charge is 0.255 e. The number of nitrogens with one attached hydrogen (secondary N) is 2. The molecule has 0 fully saturated rings. The summed E-state index contributed by atoms with van der Waals surface area (Å²) in [5.74, 6) is -0.0761. The summed E-state index contributed by atoms with van der Waals surface area (Å²) in [5.41, 5.74) is 6.90. The minimum Gasteiger partial charge on any atom is -0.380 e. The fourth-order valence-corrected chi connectivity index (χ4v) is 4.07. The first-order valence-electron chi connectivity index (χ1n) is 9.58. The van der Waals surface area contributed by atoms with Gasteiger partial charge < -0.3 is 10.6 Å². The van der Waals surface area contributed by atoms with Gasteiger partial charge in [0, 0.05) is 41.1 Å². The molecule has 0 bridgehead atoms. The second-order valence-electron chi connectivity index (χ2n) is 6.92. The Bertz CT molecular complexity index is 955. The summed E-state index contributed by atoms with van der Waals surface area (Å²) in [6.45, 7) is 5.93.